The molecule has 1 aromatic heterocycles. The van der Waals surface area contributed by atoms with Crippen LogP contribution in [0.2, 0.25) is 0 Å². The molecule has 2 rings (SSSR count). The Morgan fingerprint density at radius 2 is 2.11 bits per heavy atom. The van der Waals surface area contributed by atoms with Gasteiger partial charge in [0.2, 0.25) is 0 Å². The van der Waals surface area contributed by atoms with Gasteiger partial charge >= 0.3 is 0 Å². The van der Waals surface area contributed by atoms with Gasteiger partial charge in [0, 0.05) is 6.61 Å². The summed E-state index contributed by atoms with van der Waals surface area (Å²) < 4.78 is 16.5. The van der Waals surface area contributed by atoms with E-state index >= 15 is 0 Å². The van der Waals surface area contributed by atoms with Crippen molar-refractivity contribution < 1.29 is 14.2 Å². The lowest BCUT2D eigenvalue weighted by Crippen LogP contribution is -2.13. The van der Waals surface area contributed by atoms with Gasteiger partial charge in [-0.1, -0.05) is 6.07 Å². The molecule has 1 aromatic rings. The summed E-state index contributed by atoms with van der Waals surface area (Å²) in [4.78, 5) is 4.51. The van der Waals surface area contributed by atoms with Gasteiger partial charge in [-0.2, -0.15) is 0 Å². The van der Waals surface area contributed by atoms with Crippen molar-refractivity contribution in [1.82, 2.24) is 4.98 Å². The topological polar surface area (TPSA) is 40.6 Å². The number of hydrogen-bond donors (Lipinski definition) is 0. The third kappa shape index (κ3) is 4.37. The third-order valence-electron chi connectivity index (χ3n) is 2.78. The van der Waals surface area contributed by atoms with Crippen molar-refractivity contribution in [3.05, 3.63) is 29.6 Å². The van der Waals surface area contributed by atoms with Gasteiger partial charge in [-0.25, -0.2) is 0 Å². The number of nitrogens with zero attached hydrogens (tertiary/aromatic N) is 1. The smallest absolute Gasteiger partial charge is 0.0892 e. The molecule has 4 nitrogen and oxygen atoms in total. The number of rotatable bonds is 6. The van der Waals surface area contributed by atoms with Crippen molar-refractivity contribution in [2.75, 3.05) is 13.2 Å². The highest BCUT2D eigenvalue weighted by Crippen LogP contribution is 2.11. The molecule has 18 heavy (non-hydrogen) atoms. The van der Waals surface area contributed by atoms with Crippen LogP contribution in [0.25, 0.3) is 0 Å². The minimum atomic E-state index is 0.224. The van der Waals surface area contributed by atoms with Crippen LogP contribution in [-0.4, -0.2) is 30.4 Å². The first-order chi connectivity index (χ1) is 8.74. The molecule has 2 heterocycles. The van der Waals surface area contributed by atoms with Crippen molar-refractivity contribution in [1.29, 1.82) is 0 Å². The second-order valence-electron chi connectivity index (χ2n) is 4.78. The van der Waals surface area contributed by atoms with Crippen LogP contribution < -0.4 is 0 Å². The van der Waals surface area contributed by atoms with E-state index in [1.54, 1.807) is 0 Å². The van der Waals surface area contributed by atoms with Crippen molar-refractivity contribution in [3.8, 4) is 0 Å². The Bertz CT molecular complexity index is 362. The molecule has 4 heteroatoms. The zero-order chi connectivity index (χ0) is 12.8. The molecule has 0 radical (unpaired) electrons. The maximum atomic E-state index is 5.74. The summed E-state index contributed by atoms with van der Waals surface area (Å²) in [6.45, 7) is 6.65. The van der Waals surface area contributed by atoms with Crippen LogP contribution in [0, 0.1) is 0 Å². The van der Waals surface area contributed by atoms with Gasteiger partial charge in [-0.15, -0.1) is 0 Å². The first kappa shape index (κ1) is 13.5. The first-order valence-corrected chi connectivity index (χ1v) is 6.50. The predicted octanol–water partition coefficient (Wildman–Crippen LogP) is 2.31. The van der Waals surface area contributed by atoms with Crippen LogP contribution in [0.4, 0.5) is 0 Å². The molecule has 1 fully saturated rings. The molecular formula is C14H21NO3. The average Bonchev–Trinajstić information content (AvgIpc) is 2.87. The highest BCUT2D eigenvalue weighted by Gasteiger charge is 2.16. The molecule has 100 valence electrons. The molecule has 1 unspecified atom stereocenters. The van der Waals surface area contributed by atoms with E-state index in [2.05, 4.69) is 4.98 Å². The fraction of sp³-hybridized carbons (Fsp3) is 0.643. The zero-order valence-corrected chi connectivity index (χ0v) is 11.1. The number of pyridine rings is 1. The van der Waals surface area contributed by atoms with E-state index in [1.165, 1.54) is 0 Å². The Morgan fingerprint density at radius 1 is 1.33 bits per heavy atom. The van der Waals surface area contributed by atoms with Crippen LogP contribution in [-0.2, 0) is 27.4 Å². The minimum Gasteiger partial charge on any atom is -0.379 e. The lowest BCUT2D eigenvalue weighted by atomic mass is 10.3. The Balaban J connectivity index is 1.82. The Labute approximate surface area is 108 Å². The van der Waals surface area contributed by atoms with Crippen molar-refractivity contribution in [3.63, 3.8) is 0 Å². The Hall–Kier alpha value is -0.970. The van der Waals surface area contributed by atoms with Gasteiger partial charge in [0.1, 0.15) is 0 Å². The van der Waals surface area contributed by atoms with Gasteiger partial charge in [-0.05, 0) is 32.4 Å². The summed E-state index contributed by atoms with van der Waals surface area (Å²) in [5.41, 5.74) is 1.90. The van der Waals surface area contributed by atoms with Crippen LogP contribution in [0.5, 0.6) is 0 Å². The second kappa shape index (κ2) is 6.83. The molecule has 0 amide bonds. The largest absolute Gasteiger partial charge is 0.379 e. The zero-order valence-electron chi connectivity index (χ0n) is 11.1. The molecule has 1 atom stereocenters. The molecule has 1 aliphatic rings. The molecule has 0 spiro atoms. The van der Waals surface area contributed by atoms with Crippen LogP contribution >= 0.6 is 0 Å². The molecular weight excluding hydrogens is 230 g/mol. The number of ether oxygens (including phenoxy) is 3. The maximum absolute atomic E-state index is 5.74. The Kier molecular flexibility index (Phi) is 5.11. The van der Waals surface area contributed by atoms with Crippen molar-refractivity contribution in [2.24, 2.45) is 0 Å². The molecule has 0 aliphatic carbocycles. The maximum Gasteiger partial charge on any atom is 0.0892 e. The molecule has 1 aliphatic heterocycles. The lowest BCUT2D eigenvalue weighted by Gasteiger charge is -2.11. The highest BCUT2D eigenvalue weighted by molar-refractivity contribution is 5.10. The number of aromatic nitrogens is 1. The summed E-state index contributed by atoms with van der Waals surface area (Å²) in [5, 5.41) is 0. The van der Waals surface area contributed by atoms with Gasteiger partial charge < -0.3 is 14.2 Å². The monoisotopic (exact) mass is 251 g/mol. The van der Waals surface area contributed by atoms with E-state index in [0.717, 1.165) is 24.4 Å². The molecule has 0 N–H and O–H groups in total. The fourth-order valence-corrected chi connectivity index (χ4v) is 1.79. The summed E-state index contributed by atoms with van der Waals surface area (Å²) >= 11 is 0. The van der Waals surface area contributed by atoms with Crippen LogP contribution in [0.1, 0.15) is 31.7 Å². The van der Waals surface area contributed by atoms with Gasteiger partial charge in [0.15, 0.2) is 0 Å². The Morgan fingerprint density at radius 3 is 2.78 bits per heavy atom. The van der Waals surface area contributed by atoms with Gasteiger partial charge in [-0.3, -0.25) is 4.98 Å². The lowest BCUT2D eigenvalue weighted by molar-refractivity contribution is 0.0295. The standard InChI is InChI=1S/C14H21NO3/c1-11(2)17-8-12-4-3-5-13(15-12)9-18-14-6-7-16-10-14/h3-5,11,14H,6-10H2,1-2H3. The summed E-state index contributed by atoms with van der Waals surface area (Å²) in [7, 11) is 0. The van der Waals surface area contributed by atoms with Gasteiger partial charge in [0.05, 0.1) is 43.4 Å². The van der Waals surface area contributed by atoms with Crippen LogP contribution in [0.15, 0.2) is 18.2 Å². The summed E-state index contributed by atoms with van der Waals surface area (Å²) in [6.07, 6.45) is 1.43. The predicted molar refractivity (Wildman–Crippen MR) is 68.2 cm³/mol. The second-order valence-corrected chi connectivity index (χ2v) is 4.78. The molecule has 0 aromatic carbocycles. The van der Waals surface area contributed by atoms with E-state index < -0.39 is 0 Å². The van der Waals surface area contributed by atoms with Crippen molar-refractivity contribution in [2.45, 2.75) is 45.7 Å². The SMILES string of the molecule is CC(C)OCc1cccc(COC2CCOC2)n1. The summed E-state index contributed by atoms with van der Waals surface area (Å²) in [6, 6.07) is 5.95. The van der Waals surface area contributed by atoms with Gasteiger partial charge in [0.25, 0.3) is 0 Å². The molecule has 0 saturated carbocycles. The summed E-state index contributed by atoms with van der Waals surface area (Å²) in [5.74, 6) is 0. The quantitative estimate of drug-likeness (QED) is 0.778. The molecule has 1 saturated heterocycles. The van der Waals surface area contributed by atoms with Crippen molar-refractivity contribution >= 4 is 0 Å². The third-order valence-corrected chi connectivity index (χ3v) is 2.78. The van der Waals surface area contributed by atoms with E-state index in [-0.39, 0.29) is 12.2 Å². The molecule has 0 bridgehead atoms. The average molecular weight is 251 g/mol. The fourth-order valence-electron chi connectivity index (χ4n) is 1.79. The van der Waals surface area contributed by atoms with E-state index in [4.69, 9.17) is 14.2 Å². The van der Waals surface area contributed by atoms with E-state index in [9.17, 15) is 0 Å². The van der Waals surface area contributed by atoms with Crippen LogP contribution in [0.3, 0.4) is 0 Å². The van der Waals surface area contributed by atoms with E-state index in [1.807, 2.05) is 32.0 Å². The normalized spacial score (nSPS) is 19.6. The highest BCUT2D eigenvalue weighted by atomic mass is 16.5. The number of hydrogen-bond acceptors (Lipinski definition) is 4. The van der Waals surface area contributed by atoms with E-state index in [0.29, 0.717) is 19.8 Å². The minimum absolute atomic E-state index is 0.224. The first-order valence-electron chi connectivity index (χ1n) is 6.50.